The molecular formula is C14H29N3O. The van der Waals surface area contributed by atoms with Gasteiger partial charge in [-0.05, 0) is 40.2 Å². The summed E-state index contributed by atoms with van der Waals surface area (Å²) in [6.07, 6.45) is 2.21. The van der Waals surface area contributed by atoms with E-state index in [-0.39, 0.29) is 11.4 Å². The van der Waals surface area contributed by atoms with E-state index >= 15 is 0 Å². The summed E-state index contributed by atoms with van der Waals surface area (Å²) in [6.45, 7) is 12.2. The van der Waals surface area contributed by atoms with Gasteiger partial charge in [-0.15, -0.1) is 0 Å². The van der Waals surface area contributed by atoms with E-state index in [1.54, 1.807) is 0 Å². The number of carbonyl (C=O) groups excluding carboxylic acids is 1. The first kappa shape index (κ1) is 15.4. The van der Waals surface area contributed by atoms with Crippen LogP contribution < -0.4 is 5.32 Å². The molecule has 1 amide bonds. The number of amides is 1. The van der Waals surface area contributed by atoms with E-state index in [0.29, 0.717) is 12.6 Å². The molecule has 0 atom stereocenters. The first-order valence-electron chi connectivity index (χ1n) is 7.06. The van der Waals surface area contributed by atoms with Crippen LogP contribution in [0.4, 0.5) is 0 Å². The van der Waals surface area contributed by atoms with Crippen LogP contribution in [0.25, 0.3) is 0 Å². The van der Waals surface area contributed by atoms with E-state index in [0.717, 1.165) is 32.5 Å². The Labute approximate surface area is 112 Å². The summed E-state index contributed by atoms with van der Waals surface area (Å²) in [5.41, 5.74) is 0.00206. The lowest BCUT2D eigenvalue weighted by atomic mass is 10.0. The number of nitrogens with zero attached hydrogens (tertiary/aromatic N) is 2. The average molecular weight is 255 g/mol. The minimum atomic E-state index is 0.00206. The van der Waals surface area contributed by atoms with Crippen LogP contribution in [0.5, 0.6) is 0 Å². The van der Waals surface area contributed by atoms with Gasteiger partial charge in [-0.3, -0.25) is 4.79 Å². The van der Waals surface area contributed by atoms with Crippen LogP contribution in [-0.4, -0.2) is 60.5 Å². The summed E-state index contributed by atoms with van der Waals surface area (Å²) in [4.78, 5) is 16.5. The first-order chi connectivity index (χ1) is 8.33. The molecule has 0 radical (unpaired) electrons. The topological polar surface area (TPSA) is 35.6 Å². The molecule has 1 N–H and O–H groups in total. The van der Waals surface area contributed by atoms with Crippen LogP contribution in [0.2, 0.25) is 0 Å². The largest absolute Gasteiger partial charge is 0.342 e. The van der Waals surface area contributed by atoms with Crippen molar-refractivity contribution in [1.29, 1.82) is 0 Å². The lowest BCUT2D eigenvalue weighted by Gasteiger charge is -2.36. The molecule has 0 aliphatic carbocycles. The zero-order chi connectivity index (χ0) is 13.8. The number of hydrogen-bond donors (Lipinski definition) is 1. The van der Waals surface area contributed by atoms with Crippen molar-refractivity contribution in [2.45, 2.75) is 52.1 Å². The maximum Gasteiger partial charge on any atom is 0.236 e. The fraction of sp³-hybridized carbons (Fsp3) is 0.929. The normalized spacial score (nSPS) is 18.9. The van der Waals surface area contributed by atoms with Gasteiger partial charge in [0.2, 0.25) is 5.91 Å². The highest BCUT2D eigenvalue weighted by atomic mass is 16.2. The third kappa shape index (κ3) is 4.94. The monoisotopic (exact) mass is 255 g/mol. The molecule has 1 aliphatic heterocycles. The van der Waals surface area contributed by atoms with Gasteiger partial charge in [-0.25, -0.2) is 0 Å². The molecule has 1 rings (SSSR count). The third-order valence-electron chi connectivity index (χ3n) is 3.72. The second kappa shape index (κ2) is 6.53. The van der Waals surface area contributed by atoms with Crippen molar-refractivity contribution in [1.82, 2.24) is 15.1 Å². The molecule has 0 unspecified atom stereocenters. The van der Waals surface area contributed by atoms with Crippen molar-refractivity contribution in [2.24, 2.45) is 0 Å². The minimum absolute atomic E-state index is 0.00206. The zero-order valence-electron chi connectivity index (χ0n) is 12.6. The van der Waals surface area contributed by atoms with Crippen LogP contribution in [0, 0.1) is 0 Å². The zero-order valence-corrected chi connectivity index (χ0v) is 12.6. The Balaban J connectivity index is 2.35. The summed E-state index contributed by atoms with van der Waals surface area (Å²) >= 11 is 0. The molecule has 1 aliphatic rings. The molecule has 1 saturated heterocycles. The van der Waals surface area contributed by atoms with Crippen molar-refractivity contribution in [3.8, 4) is 0 Å². The first-order valence-corrected chi connectivity index (χ1v) is 7.06. The Morgan fingerprint density at radius 2 is 1.89 bits per heavy atom. The summed E-state index contributed by atoms with van der Waals surface area (Å²) in [7, 11) is 1.94. The van der Waals surface area contributed by atoms with Crippen molar-refractivity contribution in [3.05, 3.63) is 0 Å². The molecule has 4 heteroatoms. The Morgan fingerprint density at radius 3 is 2.33 bits per heavy atom. The van der Waals surface area contributed by atoms with Gasteiger partial charge in [-0.1, -0.05) is 6.92 Å². The second-order valence-corrected chi connectivity index (χ2v) is 6.27. The van der Waals surface area contributed by atoms with Gasteiger partial charge >= 0.3 is 0 Å². The molecule has 0 aromatic carbocycles. The molecule has 0 aromatic heterocycles. The Bertz CT molecular complexity index is 265. The molecule has 0 bridgehead atoms. The van der Waals surface area contributed by atoms with E-state index in [2.05, 4.69) is 37.9 Å². The molecule has 4 nitrogen and oxygen atoms in total. The van der Waals surface area contributed by atoms with Crippen molar-refractivity contribution < 1.29 is 4.79 Å². The van der Waals surface area contributed by atoms with Crippen LogP contribution in [0.3, 0.4) is 0 Å². The van der Waals surface area contributed by atoms with Crippen molar-refractivity contribution in [2.75, 3.05) is 33.2 Å². The summed E-state index contributed by atoms with van der Waals surface area (Å²) in [5.74, 6) is 0.208. The minimum Gasteiger partial charge on any atom is -0.342 e. The molecule has 0 saturated carbocycles. The number of nitrogens with one attached hydrogen (secondary N) is 1. The number of likely N-dealkylation sites (tertiary alicyclic amines) is 1. The van der Waals surface area contributed by atoms with Crippen LogP contribution >= 0.6 is 0 Å². The number of carbonyl (C=O) groups is 1. The van der Waals surface area contributed by atoms with Crippen LogP contribution in [-0.2, 0) is 4.79 Å². The molecular weight excluding hydrogens is 226 g/mol. The van der Waals surface area contributed by atoms with Gasteiger partial charge in [-0.2, -0.15) is 0 Å². The maximum absolute atomic E-state index is 12.1. The number of likely N-dealkylation sites (N-methyl/N-ethyl adjacent to an activating group) is 1. The third-order valence-corrected chi connectivity index (χ3v) is 3.72. The fourth-order valence-corrected chi connectivity index (χ4v) is 2.29. The summed E-state index contributed by atoms with van der Waals surface area (Å²) < 4.78 is 0. The standard InChI is InChI=1S/C14H29N3O/c1-6-17-9-7-12(8-10-17)16(5)13(18)11-15-14(2,3)4/h12,15H,6-11H2,1-5H3. The second-order valence-electron chi connectivity index (χ2n) is 6.27. The Kier molecular flexibility index (Phi) is 5.60. The molecule has 0 aromatic rings. The van der Waals surface area contributed by atoms with Crippen LogP contribution in [0.1, 0.15) is 40.5 Å². The molecule has 1 heterocycles. The van der Waals surface area contributed by atoms with Crippen molar-refractivity contribution in [3.63, 3.8) is 0 Å². The van der Waals surface area contributed by atoms with E-state index in [9.17, 15) is 4.79 Å². The molecule has 18 heavy (non-hydrogen) atoms. The molecule has 1 fully saturated rings. The Hall–Kier alpha value is -0.610. The van der Waals surface area contributed by atoms with Crippen LogP contribution in [0.15, 0.2) is 0 Å². The van der Waals surface area contributed by atoms with E-state index in [1.807, 2.05) is 11.9 Å². The quantitative estimate of drug-likeness (QED) is 0.823. The van der Waals surface area contributed by atoms with Gasteiger partial charge in [0, 0.05) is 31.7 Å². The highest BCUT2D eigenvalue weighted by Gasteiger charge is 2.25. The maximum atomic E-state index is 12.1. The van der Waals surface area contributed by atoms with Gasteiger partial charge in [0.15, 0.2) is 0 Å². The van der Waals surface area contributed by atoms with Crippen molar-refractivity contribution >= 4 is 5.91 Å². The highest BCUT2D eigenvalue weighted by Crippen LogP contribution is 2.15. The number of hydrogen-bond acceptors (Lipinski definition) is 3. The van der Waals surface area contributed by atoms with E-state index < -0.39 is 0 Å². The SMILES string of the molecule is CCN1CCC(N(C)C(=O)CNC(C)(C)C)CC1. The average Bonchev–Trinajstić information content (AvgIpc) is 2.34. The summed E-state index contributed by atoms with van der Waals surface area (Å²) in [6, 6.07) is 0.419. The molecule has 106 valence electrons. The van der Waals surface area contributed by atoms with Gasteiger partial charge < -0.3 is 15.1 Å². The number of piperidine rings is 1. The fourth-order valence-electron chi connectivity index (χ4n) is 2.29. The number of rotatable bonds is 4. The highest BCUT2D eigenvalue weighted by molar-refractivity contribution is 5.78. The summed E-state index contributed by atoms with van der Waals surface area (Å²) in [5, 5.41) is 3.26. The lowest BCUT2D eigenvalue weighted by Crippen LogP contribution is -2.49. The smallest absolute Gasteiger partial charge is 0.236 e. The van der Waals surface area contributed by atoms with Gasteiger partial charge in [0.05, 0.1) is 6.54 Å². The molecule has 0 spiro atoms. The van der Waals surface area contributed by atoms with E-state index in [4.69, 9.17) is 0 Å². The van der Waals surface area contributed by atoms with E-state index in [1.165, 1.54) is 0 Å². The lowest BCUT2D eigenvalue weighted by molar-refractivity contribution is -0.132. The van der Waals surface area contributed by atoms with Gasteiger partial charge in [0.1, 0.15) is 0 Å². The van der Waals surface area contributed by atoms with Gasteiger partial charge in [0.25, 0.3) is 0 Å². The predicted octanol–water partition coefficient (Wildman–Crippen LogP) is 1.32. The predicted molar refractivity (Wildman–Crippen MR) is 75.7 cm³/mol. The Morgan fingerprint density at radius 1 is 1.33 bits per heavy atom.